The summed E-state index contributed by atoms with van der Waals surface area (Å²) in [5.41, 5.74) is 1.88. The number of aromatic nitrogens is 2. The Morgan fingerprint density at radius 2 is 2.05 bits per heavy atom. The van der Waals surface area contributed by atoms with E-state index in [1.165, 1.54) is 6.33 Å². The molecule has 0 radical (unpaired) electrons. The number of carbonyl (C=O) groups excluding carboxylic acids is 1. The highest BCUT2D eigenvalue weighted by atomic mass is 35.5. The van der Waals surface area contributed by atoms with E-state index in [4.69, 9.17) is 16.9 Å². The number of nitrogens with one attached hydrogen (secondary N) is 1. The first-order chi connectivity index (χ1) is 9.24. The maximum absolute atomic E-state index is 10.9. The lowest BCUT2D eigenvalue weighted by atomic mass is 10.1. The number of rotatable bonds is 4. The lowest BCUT2D eigenvalue weighted by Gasteiger charge is -2.08. The van der Waals surface area contributed by atoms with E-state index in [2.05, 4.69) is 21.4 Å². The SMILES string of the molecule is N#CCc1ccc(Nc2ncnc(Cl)c2C=O)cc1. The van der Waals surface area contributed by atoms with Crippen molar-refractivity contribution in [2.45, 2.75) is 6.42 Å². The number of nitrogens with zero attached hydrogens (tertiary/aromatic N) is 3. The largest absolute Gasteiger partial charge is 0.339 e. The first kappa shape index (κ1) is 13.0. The van der Waals surface area contributed by atoms with E-state index in [9.17, 15) is 4.79 Å². The molecule has 0 atom stereocenters. The quantitative estimate of drug-likeness (QED) is 0.684. The molecule has 0 bridgehead atoms. The van der Waals surface area contributed by atoms with Gasteiger partial charge in [-0.05, 0) is 17.7 Å². The Balaban J connectivity index is 2.24. The fraction of sp³-hybridized carbons (Fsp3) is 0.0769. The Bertz CT molecular complexity index is 634. The van der Waals surface area contributed by atoms with Crippen molar-refractivity contribution in [3.63, 3.8) is 0 Å². The van der Waals surface area contributed by atoms with E-state index >= 15 is 0 Å². The second kappa shape index (κ2) is 5.94. The summed E-state index contributed by atoms with van der Waals surface area (Å²) in [5, 5.41) is 11.7. The molecule has 1 N–H and O–H groups in total. The van der Waals surface area contributed by atoms with Gasteiger partial charge in [-0.25, -0.2) is 9.97 Å². The van der Waals surface area contributed by atoms with Crippen molar-refractivity contribution in [3.05, 3.63) is 46.9 Å². The predicted molar refractivity (Wildman–Crippen MR) is 71.5 cm³/mol. The summed E-state index contributed by atoms with van der Waals surface area (Å²) >= 11 is 5.80. The fourth-order valence-electron chi connectivity index (χ4n) is 1.51. The summed E-state index contributed by atoms with van der Waals surface area (Å²) < 4.78 is 0. The highest BCUT2D eigenvalue weighted by Crippen LogP contribution is 2.21. The van der Waals surface area contributed by atoms with E-state index in [0.29, 0.717) is 18.5 Å². The highest BCUT2D eigenvalue weighted by molar-refractivity contribution is 6.32. The second-order valence-electron chi connectivity index (χ2n) is 3.70. The Morgan fingerprint density at radius 1 is 1.32 bits per heavy atom. The van der Waals surface area contributed by atoms with Gasteiger partial charge in [-0.15, -0.1) is 0 Å². The van der Waals surface area contributed by atoms with Crippen molar-refractivity contribution in [1.29, 1.82) is 5.26 Å². The molecule has 19 heavy (non-hydrogen) atoms. The van der Waals surface area contributed by atoms with Crippen LogP contribution in [0.1, 0.15) is 15.9 Å². The minimum atomic E-state index is 0.105. The molecule has 0 amide bonds. The molecule has 0 fully saturated rings. The Morgan fingerprint density at radius 3 is 2.68 bits per heavy atom. The molecule has 1 aromatic carbocycles. The zero-order valence-electron chi connectivity index (χ0n) is 9.80. The average Bonchev–Trinajstić information content (AvgIpc) is 2.42. The first-order valence-corrected chi connectivity index (χ1v) is 5.81. The van der Waals surface area contributed by atoms with Gasteiger partial charge in [0.25, 0.3) is 0 Å². The number of benzene rings is 1. The van der Waals surface area contributed by atoms with Crippen molar-refractivity contribution in [1.82, 2.24) is 9.97 Å². The van der Waals surface area contributed by atoms with E-state index in [1.807, 2.05) is 12.1 Å². The van der Waals surface area contributed by atoms with Crippen molar-refractivity contribution < 1.29 is 4.79 Å². The monoisotopic (exact) mass is 272 g/mol. The molecule has 0 spiro atoms. The summed E-state index contributed by atoms with van der Waals surface area (Å²) in [5.74, 6) is 0.350. The van der Waals surface area contributed by atoms with Gasteiger partial charge in [-0.2, -0.15) is 5.26 Å². The topological polar surface area (TPSA) is 78.7 Å². The Hall–Kier alpha value is -2.45. The minimum Gasteiger partial charge on any atom is -0.339 e. The van der Waals surface area contributed by atoms with Crippen LogP contribution in [-0.2, 0) is 6.42 Å². The van der Waals surface area contributed by atoms with Gasteiger partial charge in [0.15, 0.2) is 6.29 Å². The summed E-state index contributed by atoms with van der Waals surface area (Å²) in [7, 11) is 0. The molecule has 2 rings (SSSR count). The summed E-state index contributed by atoms with van der Waals surface area (Å²) in [6.07, 6.45) is 2.25. The van der Waals surface area contributed by atoms with Crippen LogP contribution in [-0.4, -0.2) is 16.3 Å². The molecule has 0 aliphatic rings. The highest BCUT2D eigenvalue weighted by Gasteiger charge is 2.08. The fourth-order valence-corrected chi connectivity index (χ4v) is 1.69. The van der Waals surface area contributed by atoms with Gasteiger partial charge in [0.2, 0.25) is 0 Å². The lowest BCUT2D eigenvalue weighted by molar-refractivity contribution is 0.112. The number of carbonyl (C=O) groups is 1. The van der Waals surface area contributed by atoms with Crippen LogP contribution in [0.2, 0.25) is 5.15 Å². The van der Waals surface area contributed by atoms with Crippen LogP contribution in [0.25, 0.3) is 0 Å². The Labute approximate surface area is 114 Å². The smallest absolute Gasteiger partial charge is 0.156 e. The van der Waals surface area contributed by atoms with Crippen molar-refractivity contribution in [3.8, 4) is 6.07 Å². The third-order valence-electron chi connectivity index (χ3n) is 2.45. The summed E-state index contributed by atoms with van der Waals surface area (Å²) in [6, 6.07) is 9.34. The molecule has 0 saturated carbocycles. The number of hydrogen-bond donors (Lipinski definition) is 1. The molecule has 0 aliphatic carbocycles. The molecule has 5 nitrogen and oxygen atoms in total. The van der Waals surface area contributed by atoms with Crippen LogP contribution >= 0.6 is 11.6 Å². The first-order valence-electron chi connectivity index (χ1n) is 5.43. The number of anilines is 2. The zero-order chi connectivity index (χ0) is 13.7. The number of halogens is 1. The molecule has 6 heteroatoms. The molecule has 1 heterocycles. The normalized spacial score (nSPS) is 9.68. The van der Waals surface area contributed by atoms with E-state index in [-0.39, 0.29) is 10.7 Å². The standard InChI is InChI=1S/C13H9ClN4O/c14-12-11(7-19)13(17-8-16-12)18-10-3-1-9(2-4-10)5-6-15/h1-4,7-8H,5H2,(H,16,17,18). The third kappa shape index (κ3) is 3.06. The molecular weight excluding hydrogens is 264 g/mol. The molecule has 0 saturated heterocycles. The van der Waals surface area contributed by atoms with Crippen molar-refractivity contribution in [2.75, 3.05) is 5.32 Å². The maximum atomic E-state index is 10.9. The average molecular weight is 273 g/mol. The molecule has 0 unspecified atom stereocenters. The number of hydrogen-bond acceptors (Lipinski definition) is 5. The van der Waals surface area contributed by atoms with Crippen LogP contribution in [0, 0.1) is 11.3 Å². The van der Waals surface area contributed by atoms with E-state index < -0.39 is 0 Å². The predicted octanol–water partition coefficient (Wildman–Crippen LogP) is 2.75. The second-order valence-corrected chi connectivity index (χ2v) is 4.06. The molecular formula is C13H9ClN4O. The van der Waals surface area contributed by atoms with Gasteiger partial charge in [-0.1, -0.05) is 23.7 Å². The summed E-state index contributed by atoms with van der Waals surface area (Å²) in [6.45, 7) is 0. The lowest BCUT2D eigenvalue weighted by Crippen LogP contribution is -2.00. The van der Waals surface area contributed by atoms with E-state index in [0.717, 1.165) is 11.3 Å². The van der Waals surface area contributed by atoms with Crippen LogP contribution in [0.3, 0.4) is 0 Å². The van der Waals surface area contributed by atoms with Crippen LogP contribution in [0.4, 0.5) is 11.5 Å². The zero-order valence-corrected chi connectivity index (χ0v) is 10.6. The Kier molecular flexibility index (Phi) is 4.06. The molecule has 2 aromatic rings. The van der Waals surface area contributed by atoms with Gasteiger partial charge in [-0.3, -0.25) is 4.79 Å². The van der Waals surface area contributed by atoms with Gasteiger partial charge in [0.1, 0.15) is 17.3 Å². The van der Waals surface area contributed by atoms with Crippen molar-refractivity contribution >= 4 is 29.4 Å². The maximum Gasteiger partial charge on any atom is 0.156 e. The van der Waals surface area contributed by atoms with Crippen LogP contribution < -0.4 is 5.32 Å². The van der Waals surface area contributed by atoms with Gasteiger partial charge in [0.05, 0.1) is 18.1 Å². The number of aldehydes is 1. The minimum absolute atomic E-state index is 0.105. The van der Waals surface area contributed by atoms with Gasteiger partial charge in [0, 0.05) is 5.69 Å². The van der Waals surface area contributed by atoms with Crippen LogP contribution in [0.5, 0.6) is 0 Å². The number of nitriles is 1. The molecule has 1 aromatic heterocycles. The third-order valence-corrected chi connectivity index (χ3v) is 2.75. The van der Waals surface area contributed by atoms with Crippen molar-refractivity contribution in [2.24, 2.45) is 0 Å². The van der Waals surface area contributed by atoms with E-state index in [1.54, 1.807) is 12.1 Å². The van der Waals surface area contributed by atoms with Gasteiger partial charge >= 0.3 is 0 Å². The molecule has 0 aliphatic heterocycles. The summed E-state index contributed by atoms with van der Waals surface area (Å²) in [4.78, 5) is 18.6. The molecule has 94 valence electrons. The van der Waals surface area contributed by atoms with Crippen LogP contribution in [0.15, 0.2) is 30.6 Å². The van der Waals surface area contributed by atoms with Gasteiger partial charge < -0.3 is 5.32 Å².